The van der Waals surface area contributed by atoms with Gasteiger partial charge in [-0.1, -0.05) is 40.9 Å². The quantitative estimate of drug-likeness (QED) is 0.486. The van der Waals surface area contributed by atoms with E-state index in [-0.39, 0.29) is 17.3 Å². The van der Waals surface area contributed by atoms with Crippen LogP contribution in [0.5, 0.6) is 0 Å². The summed E-state index contributed by atoms with van der Waals surface area (Å²) in [5, 5.41) is 2.38. The van der Waals surface area contributed by atoms with Gasteiger partial charge >= 0.3 is 4.87 Å². The van der Waals surface area contributed by atoms with Crippen molar-refractivity contribution >= 4 is 49.6 Å². The van der Waals surface area contributed by atoms with Crippen molar-refractivity contribution in [3.8, 4) is 0 Å². The summed E-state index contributed by atoms with van der Waals surface area (Å²) < 4.78 is 2.53. The van der Waals surface area contributed by atoms with E-state index in [1.165, 1.54) is 15.9 Å². The zero-order chi connectivity index (χ0) is 19.8. The summed E-state index contributed by atoms with van der Waals surface area (Å²) in [6.45, 7) is 5.83. The third kappa shape index (κ3) is 3.50. The molecule has 0 N–H and O–H groups in total. The van der Waals surface area contributed by atoms with E-state index < -0.39 is 0 Å². The first-order chi connectivity index (χ1) is 13.4. The molecule has 0 fully saturated rings. The molecule has 0 radical (unpaired) electrons. The highest BCUT2D eigenvalue weighted by atomic mass is 32.1. The predicted octanol–water partition coefficient (Wildman–Crippen LogP) is 4.81. The molecule has 28 heavy (non-hydrogen) atoms. The van der Waals surface area contributed by atoms with Crippen LogP contribution in [0.15, 0.2) is 52.6 Å². The zero-order valence-corrected chi connectivity index (χ0v) is 17.4. The molecule has 0 unspecified atom stereocenters. The smallest absolute Gasteiger partial charge is 0.294 e. The molecule has 142 valence electrons. The molecule has 0 aliphatic carbocycles. The van der Waals surface area contributed by atoms with Gasteiger partial charge in [-0.05, 0) is 56.2 Å². The van der Waals surface area contributed by atoms with Gasteiger partial charge in [-0.3, -0.25) is 19.1 Å². The molecule has 0 atom stereocenters. The van der Waals surface area contributed by atoms with Gasteiger partial charge in [-0.2, -0.15) is 0 Å². The second kappa shape index (κ2) is 7.33. The summed E-state index contributed by atoms with van der Waals surface area (Å²) in [5.74, 6) is -0.187. The number of aryl methyl sites for hydroxylation is 3. The second-order valence-corrected chi connectivity index (χ2v) is 8.60. The summed E-state index contributed by atoms with van der Waals surface area (Å²) >= 11 is 2.58. The third-order valence-corrected chi connectivity index (χ3v) is 6.36. The van der Waals surface area contributed by atoms with E-state index in [0.29, 0.717) is 5.13 Å². The SMILES string of the molecule is Cc1cc(C)cc(N(C(=O)Cn2c(C)csc2=O)c2nc3ccccc3s2)c1. The van der Waals surface area contributed by atoms with Crippen LogP contribution in [0, 0.1) is 20.8 Å². The van der Waals surface area contributed by atoms with Gasteiger partial charge in [0.05, 0.1) is 15.9 Å². The maximum Gasteiger partial charge on any atom is 0.307 e. The van der Waals surface area contributed by atoms with Crippen molar-refractivity contribution in [1.82, 2.24) is 9.55 Å². The van der Waals surface area contributed by atoms with E-state index in [2.05, 4.69) is 11.1 Å². The fourth-order valence-corrected chi connectivity index (χ4v) is 4.94. The number of para-hydroxylation sites is 1. The van der Waals surface area contributed by atoms with Crippen molar-refractivity contribution in [2.75, 3.05) is 4.90 Å². The minimum atomic E-state index is -0.187. The lowest BCUT2D eigenvalue weighted by Gasteiger charge is -2.21. The monoisotopic (exact) mass is 409 g/mol. The van der Waals surface area contributed by atoms with Crippen molar-refractivity contribution in [2.24, 2.45) is 0 Å². The normalized spacial score (nSPS) is 11.1. The average Bonchev–Trinajstić information content (AvgIpc) is 3.19. The molecule has 0 saturated carbocycles. The third-order valence-electron chi connectivity index (χ3n) is 4.46. The van der Waals surface area contributed by atoms with Gasteiger partial charge < -0.3 is 0 Å². The Labute approximate surface area is 170 Å². The van der Waals surface area contributed by atoms with Crippen molar-refractivity contribution < 1.29 is 4.79 Å². The molecule has 4 aromatic rings. The van der Waals surface area contributed by atoms with Crippen LogP contribution >= 0.6 is 22.7 Å². The number of aromatic nitrogens is 2. The van der Waals surface area contributed by atoms with Crippen LogP contribution < -0.4 is 9.77 Å². The molecule has 0 aliphatic rings. The van der Waals surface area contributed by atoms with E-state index in [0.717, 1.165) is 44.1 Å². The second-order valence-electron chi connectivity index (χ2n) is 6.77. The number of amides is 1. The Morgan fingerprint density at radius 3 is 2.46 bits per heavy atom. The summed E-state index contributed by atoms with van der Waals surface area (Å²) in [5.41, 5.74) is 4.54. The molecule has 2 aromatic heterocycles. The first-order valence-corrected chi connectivity index (χ1v) is 10.5. The number of rotatable bonds is 4. The molecular formula is C21H19N3O2S2. The van der Waals surface area contributed by atoms with Crippen molar-refractivity contribution in [1.29, 1.82) is 0 Å². The van der Waals surface area contributed by atoms with Crippen LogP contribution in [0.3, 0.4) is 0 Å². The fraction of sp³-hybridized carbons (Fsp3) is 0.190. The molecule has 5 nitrogen and oxygen atoms in total. The predicted molar refractivity (Wildman–Crippen MR) is 116 cm³/mol. The highest BCUT2D eigenvalue weighted by Gasteiger charge is 2.23. The Morgan fingerprint density at radius 1 is 1.11 bits per heavy atom. The highest BCUT2D eigenvalue weighted by molar-refractivity contribution is 7.22. The van der Waals surface area contributed by atoms with Gasteiger partial charge in [0.15, 0.2) is 5.13 Å². The average molecular weight is 410 g/mol. The van der Waals surface area contributed by atoms with Gasteiger partial charge in [0.25, 0.3) is 5.91 Å². The number of thiazole rings is 2. The number of benzene rings is 2. The number of nitrogens with zero attached hydrogens (tertiary/aromatic N) is 3. The molecule has 4 rings (SSSR count). The molecule has 7 heteroatoms. The van der Waals surface area contributed by atoms with Crippen molar-refractivity contribution in [3.63, 3.8) is 0 Å². The van der Waals surface area contributed by atoms with Gasteiger partial charge in [0.1, 0.15) is 6.54 Å². The van der Waals surface area contributed by atoms with E-state index in [4.69, 9.17) is 0 Å². The number of carbonyl (C=O) groups excluding carboxylic acids is 1. The van der Waals surface area contributed by atoms with E-state index >= 15 is 0 Å². The first-order valence-electron chi connectivity index (χ1n) is 8.84. The highest BCUT2D eigenvalue weighted by Crippen LogP contribution is 2.34. The molecule has 0 saturated heterocycles. The van der Waals surface area contributed by atoms with Gasteiger partial charge in [0, 0.05) is 11.1 Å². The lowest BCUT2D eigenvalue weighted by molar-refractivity contribution is -0.118. The zero-order valence-electron chi connectivity index (χ0n) is 15.8. The summed E-state index contributed by atoms with van der Waals surface area (Å²) in [7, 11) is 0. The van der Waals surface area contributed by atoms with Crippen molar-refractivity contribution in [2.45, 2.75) is 27.3 Å². The minimum Gasteiger partial charge on any atom is -0.294 e. The first kappa shape index (κ1) is 18.6. The maximum absolute atomic E-state index is 13.4. The Kier molecular flexibility index (Phi) is 4.87. The topological polar surface area (TPSA) is 55.2 Å². The standard InChI is InChI=1S/C21H19N3O2S2/c1-13-8-14(2)10-16(9-13)24(19(25)11-23-15(3)12-27-21(23)26)20-22-17-6-4-5-7-18(17)28-20/h4-10,12H,11H2,1-3H3. The Hall–Kier alpha value is -2.77. The Bertz CT molecular complexity index is 1180. The minimum absolute atomic E-state index is 0.0168. The summed E-state index contributed by atoms with van der Waals surface area (Å²) in [6.07, 6.45) is 0. The molecule has 0 bridgehead atoms. The number of hydrogen-bond donors (Lipinski definition) is 0. The Morgan fingerprint density at radius 2 is 1.82 bits per heavy atom. The van der Waals surface area contributed by atoms with Crippen LogP contribution in [-0.2, 0) is 11.3 Å². The lowest BCUT2D eigenvalue weighted by Crippen LogP contribution is -2.32. The number of carbonyl (C=O) groups is 1. The summed E-state index contributed by atoms with van der Waals surface area (Å²) in [6, 6.07) is 13.8. The number of anilines is 2. The maximum atomic E-state index is 13.4. The van der Waals surface area contributed by atoms with Gasteiger partial charge in [-0.15, -0.1) is 0 Å². The van der Waals surface area contributed by atoms with Crippen LogP contribution in [0.1, 0.15) is 16.8 Å². The van der Waals surface area contributed by atoms with Crippen LogP contribution in [0.4, 0.5) is 10.8 Å². The van der Waals surface area contributed by atoms with Crippen LogP contribution in [0.2, 0.25) is 0 Å². The summed E-state index contributed by atoms with van der Waals surface area (Å²) in [4.78, 5) is 31.7. The van der Waals surface area contributed by atoms with Crippen LogP contribution in [-0.4, -0.2) is 15.5 Å². The van der Waals surface area contributed by atoms with Gasteiger partial charge in [-0.25, -0.2) is 4.98 Å². The fourth-order valence-electron chi connectivity index (χ4n) is 3.20. The van der Waals surface area contributed by atoms with E-state index in [1.807, 2.05) is 57.2 Å². The Balaban J connectivity index is 1.83. The molecule has 2 aromatic carbocycles. The number of fused-ring (bicyclic) bond motifs is 1. The molecule has 2 heterocycles. The largest absolute Gasteiger partial charge is 0.307 e. The molecule has 0 spiro atoms. The van der Waals surface area contributed by atoms with Crippen LogP contribution in [0.25, 0.3) is 10.2 Å². The molecular weight excluding hydrogens is 390 g/mol. The lowest BCUT2D eigenvalue weighted by atomic mass is 10.1. The van der Waals surface area contributed by atoms with Crippen molar-refractivity contribution in [3.05, 3.63) is 74.3 Å². The van der Waals surface area contributed by atoms with E-state index in [9.17, 15) is 9.59 Å². The number of hydrogen-bond acceptors (Lipinski definition) is 5. The van der Waals surface area contributed by atoms with Gasteiger partial charge in [0.2, 0.25) is 0 Å². The molecule has 0 aliphatic heterocycles. The molecule has 1 amide bonds. The van der Waals surface area contributed by atoms with E-state index in [1.54, 1.807) is 10.3 Å².